The molecule has 1 rings (SSSR count). The van der Waals surface area contributed by atoms with Gasteiger partial charge in [-0.2, -0.15) is 0 Å². The Hall–Kier alpha value is -0.420. The van der Waals surface area contributed by atoms with Crippen molar-refractivity contribution in [3.63, 3.8) is 0 Å². The normalized spacial score (nSPS) is 24.9. The molecule has 0 aliphatic carbocycles. The van der Waals surface area contributed by atoms with Crippen LogP contribution in [0.1, 0.15) is 26.7 Å². The van der Waals surface area contributed by atoms with Crippen molar-refractivity contribution in [3.05, 3.63) is 0 Å². The number of aldehydes is 1. The van der Waals surface area contributed by atoms with E-state index < -0.39 is 9.84 Å². The summed E-state index contributed by atoms with van der Waals surface area (Å²) in [7, 11) is -2.82. The fraction of sp³-hybridized carbons (Fsp3) is 0.909. The number of nitrogens with zero attached hydrogens (tertiary/aromatic N) is 1. The SMILES string of the molecule is CCCC(C)(C=O)CN1CCS(=O)(=O)CC1. The molecule has 1 fully saturated rings. The zero-order valence-electron chi connectivity index (χ0n) is 10.1. The molecular formula is C11H21NO3S. The highest BCUT2D eigenvalue weighted by molar-refractivity contribution is 7.91. The van der Waals surface area contributed by atoms with Gasteiger partial charge in [-0.1, -0.05) is 20.3 Å². The summed E-state index contributed by atoms with van der Waals surface area (Å²) in [5.41, 5.74) is -0.324. The lowest BCUT2D eigenvalue weighted by atomic mass is 9.87. The lowest BCUT2D eigenvalue weighted by molar-refractivity contribution is -0.116. The molecule has 0 aromatic carbocycles. The van der Waals surface area contributed by atoms with Crippen molar-refractivity contribution >= 4 is 16.1 Å². The summed E-state index contributed by atoms with van der Waals surface area (Å²) < 4.78 is 22.5. The fourth-order valence-electron chi connectivity index (χ4n) is 2.17. The van der Waals surface area contributed by atoms with E-state index in [-0.39, 0.29) is 16.9 Å². The lowest BCUT2D eigenvalue weighted by Crippen LogP contribution is -2.45. The van der Waals surface area contributed by atoms with Crippen LogP contribution in [0.3, 0.4) is 0 Å². The number of carbonyl (C=O) groups is 1. The Morgan fingerprint density at radius 3 is 2.31 bits per heavy atom. The maximum Gasteiger partial charge on any atom is 0.152 e. The van der Waals surface area contributed by atoms with Crippen molar-refractivity contribution in [2.75, 3.05) is 31.1 Å². The van der Waals surface area contributed by atoms with E-state index in [9.17, 15) is 13.2 Å². The molecule has 5 heteroatoms. The minimum atomic E-state index is -2.82. The number of hydrogen-bond acceptors (Lipinski definition) is 4. The van der Waals surface area contributed by atoms with Gasteiger partial charge in [0.2, 0.25) is 0 Å². The molecule has 94 valence electrons. The first-order valence-corrected chi connectivity index (χ1v) is 7.62. The highest BCUT2D eigenvalue weighted by atomic mass is 32.2. The Morgan fingerprint density at radius 1 is 1.31 bits per heavy atom. The van der Waals surface area contributed by atoms with Crippen molar-refractivity contribution in [2.45, 2.75) is 26.7 Å². The first-order valence-electron chi connectivity index (χ1n) is 5.80. The number of carbonyl (C=O) groups excluding carboxylic acids is 1. The number of rotatable bonds is 5. The standard InChI is InChI=1S/C11H21NO3S/c1-3-4-11(2,10-13)9-12-5-7-16(14,15)8-6-12/h10H,3-9H2,1-2H3. The van der Waals surface area contributed by atoms with Crippen molar-refractivity contribution in [1.29, 1.82) is 0 Å². The van der Waals surface area contributed by atoms with Crippen molar-refractivity contribution < 1.29 is 13.2 Å². The third-order valence-corrected chi connectivity index (χ3v) is 4.74. The molecule has 1 aliphatic heterocycles. The predicted molar refractivity (Wildman–Crippen MR) is 64.2 cm³/mol. The molecule has 1 saturated heterocycles. The summed E-state index contributed by atoms with van der Waals surface area (Å²) in [6.45, 7) is 5.82. The zero-order valence-corrected chi connectivity index (χ0v) is 10.9. The van der Waals surface area contributed by atoms with E-state index in [1.54, 1.807) is 0 Å². The van der Waals surface area contributed by atoms with Gasteiger partial charge in [0.05, 0.1) is 11.5 Å². The Balaban J connectivity index is 2.52. The van der Waals surface area contributed by atoms with Crippen LogP contribution in [0, 0.1) is 5.41 Å². The second-order valence-corrected chi connectivity index (χ2v) is 7.25. The van der Waals surface area contributed by atoms with Crippen LogP contribution in [-0.2, 0) is 14.6 Å². The van der Waals surface area contributed by atoms with Crippen molar-refractivity contribution in [2.24, 2.45) is 5.41 Å². The van der Waals surface area contributed by atoms with Crippen LogP contribution in [0.25, 0.3) is 0 Å². The molecule has 0 radical (unpaired) electrons. The average molecular weight is 247 g/mol. The molecule has 0 saturated carbocycles. The van der Waals surface area contributed by atoms with Gasteiger partial charge in [0.25, 0.3) is 0 Å². The van der Waals surface area contributed by atoms with Gasteiger partial charge in [-0.3, -0.25) is 0 Å². The molecule has 0 spiro atoms. The molecule has 0 bridgehead atoms. The largest absolute Gasteiger partial charge is 0.303 e. The molecule has 16 heavy (non-hydrogen) atoms. The number of hydrogen-bond donors (Lipinski definition) is 0. The summed E-state index contributed by atoms with van der Waals surface area (Å²) in [5, 5.41) is 0. The molecule has 4 nitrogen and oxygen atoms in total. The van der Waals surface area contributed by atoms with Gasteiger partial charge >= 0.3 is 0 Å². The molecule has 0 amide bonds. The predicted octanol–water partition coefficient (Wildman–Crippen LogP) is 0.722. The second kappa shape index (κ2) is 5.27. The van der Waals surface area contributed by atoms with Crippen LogP contribution in [0.5, 0.6) is 0 Å². The summed E-state index contributed by atoms with van der Waals surface area (Å²) in [5.74, 6) is 0.460. The Kier molecular flexibility index (Phi) is 4.50. The summed E-state index contributed by atoms with van der Waals surface area (Å²) in [6.07, 6.45) is 2.85. The monoisotopic (exact) mass is 247 g/mol. The Morgan fingerprint density at radius 2 is 1.88 bits per heavy atom. The van der Waals surface area contributed by atoms with Gasteiger partial charge in [0.15, 0.2) is 9.84 Å². The summed E-state index contributed by atoms with van der Waals surface area (Å²) in [4.78, 5) is 13.2. The van der Waals surface area contributed by atoms with E-state index in [1.807, 2.05) is 6.92 Å². The van der Waals surface area contributed by atoms with Crippen LogP contribution < -0.4 is 0 Å². The molecule has 0 aromatic heterocycles. The van der Waals surface area contributed by atoms with Crippen LogP contribution >= 0.6 is 0 Å². The van der Waals surface area contributed by atoms with Gasteiger partial charge in [0.1, 0.15) is 6.29 Å². The Labute approximate surface area is 97.9 Å². The van der Waals surface area contributed by atoms with Crippen LogP contribution in [0.2, 0.25) is 0 Å². The molecule has 0 N–H and O–H groups in total. The molecule has 1 unspecified atom stereocenters. The first-order chi connectivity index (χ1) is 7.41. The summed E-state index contributed by atoms with van der Waals surface area (Å²) >= 11 is 0. The van der Waals surface area contributed by atoms with E-state index in [4.69, 9.17) is 0 Å². The average Bonchev–Trinajstić information content (AvgIpc) is 2.22. The minimum absolute atomic E-state index is 0.230. The second-order valence-electron chi connectivity index (χ2n) is 4.95. The van der Waals surface area contributed by atoms with Crippen molar-refractivity contribution in [1.82, 2.24) is 4.90 Å². The van der Waals surface area contributed by atoms with Gasteiger partial charge in [-0.05, 0) is 6.42 Å². The van der Waals surface area contributed by atoms with Crippen molar-refractivity contribution in [3.8, 4) is 0 Å². The van der Waals surface area contributed by atoms with Crippen LogP contribution in [0.4, 0.5) is 0 Å². The number of sulfone groups is 1. The van der Waals surface area contributed by atoms with E-state index in [0.29, 0.717) is 19.6 Å². The summed E-state index contributed by atoms with van der Waals surface area (Å²) in [6, 6.07) is 0. The topological polar surface area (TPSA) is 54.5 Å². The van der Waals surface area contributed by atoms with Crippen LogP contribution in [-0.4, -0.2) is 50.7 Å². The van der Waals surface area contributed by atoms with E-state index in [0.717, 1.165) is 19.1 Å². The third kappa shape index (κ3) is 3.87. The lowest BCUT2D eigenvalue weighted by Gasteiger charge is -2.33. The quantitative estimate of drug-likeness (QED) is 0.672. The van der Waals surface area contributed by atoms with Gasteiger partial charge in [-0.25, -0.2) is 8.42 Å². The van der Waals surface area contributed by atoms with Gasteiger partial charge < -0.3 is 9.69 Å². The third-order valence-electron chi connectivity index (χ3n) is 3.13. The highest BCUT2D eigenvalue weighted by Gasteiger charge is 2.29. The minimum Gasteiger partial charge on any atom is -0.303 e. The molecule has 0 aromatic rings. The van der Waals surface area contributed by atoms with Crippen LogP contribution in [0.15, 0.2) is 0 Å². The molecular weight excluding hydrogens is 226 g/mol. The van der Waals surface area contributed by atoms with E-state index in [1.165, 1.54) is 0 Å². The molecule has 1 heterocycles. The van der Waals surface area contributed by atoms with E-state index in [2.05, 4.69) is 11.8 Å². The first kappa shape index (κ1) is 13.6. The van der Waals surface area contributed by atoms with Gasteiger partial charge in [-0.15, -0.1) is 0 Å². The smallest absolute Gasteiger partial charge is 0.152 e. The maximum atomic E-state index is 11.3. The maximum absolute atomic E-state index is 11.3. The van der Waals surface area contributed by atoms with Gasteiger partial charge in [0, 0.05) is 25.0 Å². The molecule has 1 aliphatic rings. The fourth-order valence-corrected chi connectivity index (χ4v) is 3.44. The molecule has 1 atom stereocenters. The Bertz CT molecular complexity index is 325. The highest BCUT2D eigenvalue weighted by Crippen LogP contribution is 2.22. The zero-order chi connectivity index (χ0) is 12.2. The van der Waals surface area contributed by atoms with E-state index >= 15 is 0 Å².